The van der Waals surface area contributed by atoms with Gasteiger partial charge in [-0.1, -0.05) is 30.3 Å². The van der Waals surface area contributed by atoms with Crippen molar-refractivity contribution in [2.75, 3.05) is 33.2 Å². The maximum atomic E-state index is 12.5. The van der Waals surface area contributed by atoms with Crippen molar-refractivity contribution in [2.45, 2.75) is 47.7 Å². The molecule has 8 heteroatoms. The minimum absolute atomic E-state index is 0. The molecule has 1 heterocycles. The minimum atomic E-state index is 0. The average molecular weight is 540 g/mol. The van der Waals surface area contributed by atoms with Gasteiger partial charge < -0.3 is 15.1 Å². The topological polar surface area (TPSA) is 65.8 Å². The summed E-state index contributed by atoms with van der Waals surface area (Å²) in [7, 11) is 1.90. The molecule has 0 aliphatic rings. The van der Waals surface area contributed by atoms with Crippen LogP contribution in [0.2, 0.25) is 0 Å². The normalized spacial score (nSPS) is 11.1. The van der Waals surface area contributed by atoms with Gasteiger partial charge in [-0.3, -0.25) is 9.48 Å². The number of likely N-dealkylation sites (N-methyl/N-ethyl adjacent to an activating group) is 2. The first-order chi connectivity index (χ1) is 14.4. The summed E-state index contributed by atoms with van der Waals surface area (Å²) in [5.41, 5.74) is 4.47. The van der Waals surface area contributed by atoms with Crippen molar-refractivity contribution in [1.29, 1.82) is 0 Å². The van der Waals surface area contributed by atoms with Gasteiger partial charge >= 0.3 is 0 Å². The number of rotatable bonds is 9. The molecule has 1 N–H and O–H groups in total. The Hall–Kier alpha value is -2.10. The van der Waals surface area contributed by atoms with Gasteiger partial charge in [0.15, 0.2) is 5.96 Å². The molecule has 0 saturated carbocycles. The smallest absolute Gasteiger partial charge is 0.242 e. The maximum Gasteiger partial charge on any atom is 0.242 e. The molecule has 7 nitrogen and oxygen atoms in total. The molecular weight excluding hydrogens is 503 g/mol. The molecule has 0 radical (unpaired) electrons. The summed E-state index contributed by atoms with van der Waals surface area (Å²) in [5.74, 6) is 0.837. The van der Waals surface area contributed by atoms with E-state index in [0.29, 0.717) is 13.1 Å². The van der Waals surface area contributed by atoms with Crippen LogP contribution in [0.5, 0.6) is 0 Å². The molecule has 1 aromatic carbocycles. The molecule has 0 saturated heterocycles. The Morgan fingerprint density at radius 1 is 1.13 bits per heavy atom. The van der Waals surface area contributed by atoms with Crippen LogP contribution in [-0.2, 0) is 17.9 Å². The predicted molar refractivity (Wildman–Crippen MR) is 138 cm³/mol. The zero-order valence-electron chi connectivity index (χ0n) is 19.7. The molecule has 0 fully saturated rings. The number of aromatic nitrogens is 2. The zero-order valence-corrected chi connectivity index (χ0v) is 22.0. The van der Waals surface area contributed by atoms with Gasteiger partial charge in [-0.05, 0) is 40.2 Å². The summed E-state index contributed by atoms with van der Waals surface area (Å²) in [6.07, 6.45) is 0. The Kier molecular flexibility index (Phi) is 11.6. The van der Waals surface area contributed by atoms with Gasteiger partial charge in [0.2, 0.25) is 5.91 Å². The molecule has 1 aromatic heterocycles. The van der Waals surface area contributed by atoms with Gasteiger partial charge in [0.1, 0.15) is 0 Å². The Balaban J connectivity index is 0.00000480. The molecule has 0 unspecified atom stereocenters. The number of carbonyl (C=O) groups is 1. The fourth-order valence-electron chi connectivity index (χ4n) is 3.45. The van der Waals surface area contributed by atoms with Crippen molar-refractivity contribution in [3.63, 3.8) is 0 Å². The molecule has 0 spiro atoms. The van der Waals surface area contributed by atoms with Crippen molar-refractivity contribution in [3.8, 4) is 0 Å². The van der Waals surface area contributed by atoms with Crippen molar-refractivity contribution in [1.82, 2.24) is 24.9 Å². The molecule has 2 rings (SSSR count). The van der Waals surface area contributed by atoms with Crippen molar-refractivity contribution in [3.05, 3.63) is 52.8 Å². The molecule has 1 amide bonds. The molecule has 0 aliphatic heterocycles. The summed E-state index contributed by atoms with van der Waals surface area (Å²) < 4.78 is 2.04. The molecule has 0 bridgehead atoms. The number of hydrogen-bond acceptors (Lipinski definition) is 3. The van der Waals surface area contributed by atoms with E-state index in [4.69, 9.17) is 10.1 Å². The number of halogens is 1. The summed E-state index contributed by atoms with van der Waals surface area (Å²) in [4.78, 5) is 21.0. The van der Waals surface area contributed by atoms with E-state index in [2.05, 4.69) is 24.4 Å². The highest BCUT2D eigenvalue weighted by Crippen LogP contribution is 2.16. The SMILES string of the molecule is CCNC(=NCc1c(C)nn(Cc2ccccc2)c1C)N(C)CC(=O)N(CC)CC.I. The fourth-order valence-corrected chi connectivity index (χ4v) is 3.45. The van der Waals surface area contributed by atoms with E-state index in [0.717, 1.165) is 49.1 Å². The van der Waals surface area contributed by atoms with Crippen LogP contribution in [0.25, 0.3) is 0 Å². The monoisotopic (exact) mass is 540 g/mol. The van der Waals surface area contributed by atoms with Crippen molar-refractivity contribution in [2.24, 2.45) is 4.99 Å². The summed E-state index contributed by atoms with van der Waals surface area (Å²) in [6, 6.07) is 10.3. The first-order valence-corrected chi connectivity index (χ1v) is 10.7. The predicted octanol–water partition coefficient (Wildman–Crippen LogP) is 3.43. The van der Waals surface area contributed by atoms with Gasteiger partial charge in [-0.15, -0.1) is 24.0 Å². The van der Waals surface area contributed by atoms with E-state index in [1.807, 2.05) is 67.4 Å². The summed E-state index contributed by atoms with van der Waals surface area (Å²) in [6.45, 7) is 13.9. The number of aryl methyl sites for hydroxylation is 1. The fraction of sp³-hybridized carbons (Fsp3) is 0.522. The van der Waals surface area contributed by atoms with E-state index in [1.165, 1.54) is 5.56 Å². The van der Waals surface area contributed by atoms with Crippen molar-refractivity contribution >= 4 is 35.8 Å². The van der Waals surface area contributed by atoms with Gasteiger partial charge in [-0.2, -0.15) is 5.10 Å². The molecule has 2 aromatic rings. The van der Waals surface area contributed by atoms with Crippen molar-refractivity contribution < 1.29 is 4.79 Å². The molecule has 172 valence electrons. The summed E-state index contributed by atoms with van der Waals surface area (Å²) >= 11 is 0. The van der Waals surface area contributed by atoms with Crippen LogP contribution in [0.3, 0.4) is 0 Å². The third-order valence-electron chi connectivity index (χ3n) is 5.28. The lowest BCUT2D eigenvalue weighted by Crippen LogP contribution is -2.45. The lowest BCUT2D eigenvalue weighted by molar-refractivity contribution is -0.131. The van der Waals surface area contributed by atoms with Crippen LogP contribution in [0.4, 0.5) is 0 Å². The number of nitrogens with one attached hydrogen (secondary N) is 1. The van der Waals surface area contributed by atoms with E-state index in [1.54, 1.807) is 0 Å². The van der Waals surface area contributed by atoms with Crippen LogP contribution < -0.4 is 5.32 Å². The largest absolute Gasteiger partial charge is 0.357 e. The molecule has 0 atom stereocenters. The highest BCUT2D eigenvalue weighted by atomic mass is 127. The minimum Gasteiger partial charge on any atom is -0.357 e. The Labute approximate surface area is 203 Å². The molecular formula is C23H37IN6O. The molecule has 31 heavy (non-hydrogen) atoms. The number of carbonyl (C=O) groups excluding carboxylic acids is 1. The van der Waals surface area contributed by atoms with Gasteiger partial charge in [-0.25, -0.2) is 4.99 Å². The highest BCUT2D eigenvalue weighted by molar-refractivity contribution is 14.0. The number of nitrogens with zero attached hydrogens (tertiary/aromatic N) is 5. The number of hydrogen-bond donors (Lipinski definition) is 1. The Morgan fingerprint density at radius 3 is 2.35 bits per heavy atom. The maximum absolute atomic E-state index is 12.5. The summed E-state index contributed by atoms with van der Waals surface area (Å²) in [5, 5.41) is 8.02. The number of guanidine groups is 1. The standard InChI is InChI=1S/C23H36N6O.HI/c1-7-24-23(27(6)17-22(30)28(8-2)9-3)25-15-21-18(4)26-29(19(21)5)16-20-13-11-10-12-14-20;/h10-14H,7-9,15-17H2,1-6H3,(H,24,25);1H. The second kappa shape index (κ2) is 13.3. The van der Waals surface area contributed by atoms with E-state index in [9.17, 15) is 4.79 Å². The Morgan fingerprint density at radius 2 is 1.77 bits per heavy atom. The number of amides is 1. The Bertz CT molecular complexity index is 845. The quantitative estimate of drug-likeness (QED) is 0.301. The van der Waals surface area contributed by atoms with Crippen LogP contribution in [0.15, 0.2) is 35.3 Å². The van der Waals surface area contributed by atoms with E-state index < -0.39 is 0 Å². The molecule has 0 aliphatic carbocycles. The lowest BCUT2D eigenvalue weighted by Gasteiger charge is -2.25. The first kappa shape index (κ1) is 26.9. The average Bonchev–Trinajstić information content (AvgIpc) is 2.99. The third-order valence-corrected chi connectivity index (χ3v) is 5.28. The van der Waals surface area contributed by atoms with E-state index in [-0.39, 0.29) is 29.9 Å². The highest BCUT2D eigenvalue weighted by Gasteiger charge is 2.16. The first-order valence-electron chi connectivity index (χ1n) is 10.7. The second-order valence-electron chi connectivity index (χ2n) is 7.38. The van der Waals surface area contributed by atoms with Crippen LogP contribution in [0.1, 0.15) is 43.3 Å². The number of aliphatic imine (C=N–C) groups is 1. The lowest BCUT2D eigenvalue weighted by atomic mass is 10.2. The van der Waals surface area contributed by atoms with Gasteiger partial charge in [0.05, 0.1) is 25.3 Å². The van der Waals surface area contributed by atoms with Crippen LogP contribution >= 0.6 is 24.0 Å². The second-order valence-corrected chi connectivity index (χ2v) is 7.38. The zero-order chi connectivity index (χ0) is 22.1. The third kappa shape index (κ3) is 7.52. The van der Waals surface area contributed by atoms with Gasteiger partial charge in [0.25, 0.3) is 0 Å². The van der Waals surface area contributed by atoms with Crippen LogP contribution in [0, 0.1) is 13.8 Å². The van der Waals surface area contributed by atoms with Crippen LogP contribution in [-0.4, -0.2) is 64.7 Å². The number of benzene rings is 1. The van der Waals surface area contributed by atoms with Gasteiger partial charge in [0, 0.05) is 37.9 Å². The van der Waals surface area contributed by atoms with E-state index >= 15 is 0 Å².